The summed E-state index contributed by atoms with van der Waals surface area (Å²) in [7, 11) is 0. The maximum absolute atomic E-state index is 5.98. The first-order valence-electron chi connectivity index (χ1n) is 6.87. The van der Waals surface area contributed by atoms with Gasteiger partial charge < -0.3 is 4.74 Å². The van der Waals surface area contributed by atoms with E-state index in [1.54, 1.807) is 0 Å². The van der Waals surface area contributed by atoms with Crippen LogP contribution in [-0.2, 0) is 11.2 Å². The molecular formula is C17H24O. The maximum atomic E-state index is 5.98. The fraction of sp³-hybridized carbons (Fsp3) is 0.529. The van der Waals surface area contributed by atoms with E-state index in [-0.39, 0.29) is 6.10 Å². The van der Waals surface area contributed by atoms with Crippen LogP contribution in [0.3, 0.4) is 0 Å². The van der Waals surface area contributed by atoms with E-state index in [4.69, 9.17) is 4.74 Å². The molecular weight excluding hydrogens is 220 g/mol. The second kappa shape index (κ2) is 4.46. The summed E-state index contributed by atoms with van der Waals surface area (Å²) in [6.45, 7) is 15.4. The Bertz CT molecular complexity index is 535. The van der Waals surface area contributed by atoms with E-state index in [1.165, 1.54) is 39.0 Å². The summed E-state index contributed by atoms with van der Waals surface area (Å²) in [5, 5.41) is 0. The number of benzene rings is 1. The average Bonchev–Trinajstić information content (AvgIpc) is 2.31. The maximum Gasteiger partial charge on any atom is 0.121 e. The van der Waals surface area contributed by atoms with Crippen molar-refractivity contribution in [2.75, 3.05) is 0 Å². The van der Waals surface area contributed by atoms with Crippen molar-refractivity contribution in [2.45, 2.75) is 61.0 Å². The molecule has 1 atom stereocenters. The third-order valence-electron chi connectivity index (χ3n) is 4.53. The largest absolute Gasteiger partial charge is 0.490 e. The minimum Gasteiger partial charge on any atom is -0.490 e. The lowest BCUT2D eigenvalue weighted by molar-refractivity contribution is 0.130. The number of allylic oxidation sites excluding steroid dienone is 2. The van der Waals surface area contributed by atoms with E-state index >= 15 is 0 Å². The molecule has 0 saturated heterocycles. The van der Waals surface area contributed by atoms with Gasteiger partial charge in [-0.2, -0.15) is 0 Å². The van der Waals surface area contributed by atoms with E-state index in [0.717, 1.165) is 12.2 Å². The van der Waals surface area contributed by atoms with Gasteiger partial charge in [0, 0.05) is 5.56 Å². The number of hydrogen-bond donors (Lipinski definition) is 0. The summed E-state index contributed by atoms with van der Waals surface area (Å²) in [6, 6.07) is 0. The summed E-state index contributed by atoms with van der Waals surface area (Å²) in [6.07, 6.45) is 1.27. The lowest BCUT2D eigenvalue weighted by Crippen LogP contribution is -2.15. The van der Waals surface area contributed by atoms with Crippen molar-refractivity contribution in [3.8, 4) is 0 Å². The zero-order chi connectivity index (χ0) is 13.6. The van der Waals surface area contributed by atoms with Gasteiger partial charge in [-0.25, -0.2) is 0 Å². The van der Waals surface area contributed by atoms with E-state index in [2.05, 4.69) is 48.5 Å². The van der Waals surface area contributed by atoms with Crippen LogP contribution in [-0.4, -0.2) is 0 Å². The Hall–Kier alpha value is -1.24. The topological polar surface area (TPSA) is 9.23 Å². The third kappa shape index (κ3) is 1.68. The molecule has 0 N–H and O–H groups in total. The Balaban J connectivity index is 2.88. The number of ether oxygens (including phenoxy) is 1. The fourth-order valence-electron chi connectivity index (χ4n) is 3.36. The molecule has 0 fully saturated rings. The molecule has 1 heterocycles. The van der Waals surface area contributed by atoms with Crippen LogP contribution in [0, 0.1) is 20.8 Å². The van der Waals surface area contributed by atoms with Gasteiger partial charge in [0.25, 0.3) is 0 Å². The van der Waals surface area contributed by atoms with Crippen molar-refractivity contribution in [3.63, 3.8) is 0 Å². The highest BCUT2D eigenvalue weighted by Gasteiger charge is 2.27. The number of fused-ring (bicyclic) bond motifs is 1. The Morgan fingerprint density at radius 2 is 1.56 bits per heavy atom. The lowest BCUT2D eigenvalue weighted by atomic mass is 9.81. The molecule has 1 nitrogen and oxygen atoms in total. The normalized spacial score (nSPS) is 18.7. The van der Waals surface area contributed by atoms with Gasteiger partial charge in [0.1, 0.15) is 6.10 Å². The van der Waals surface area contributed by atoms with Crippen LogP contribution >= 0.6 is 0 Å². The minimum absolute atomic E-state index is 0.174. The van der Waals surface area contributed by atoms with Crippen molar-refractivity contribution in [2.24, 2.45) is 0 Å². The summed E-state index contributed by atoms with van der Waals surface area (Å²) in [5.74, 6) is 1.07. The molecule has 1 aromatic rings. The van der Waals surface area contributed by atoms with Gasteiger partial charge in [-0.15, -0.1) is 0 Å². The standard InChI is InChI=1S/C17H24O/c1-8-15-9(2)10(3)16-11(4)13(6)18-14(7)17(16)12(15)5/h14H,8H2,1-7H3. The molecule has 18 heavy (non-hydrogen) atoms. The Labute approximate surface area is 111 Å². The summed E-state index contributed by atoms with van der Waals surface area (Å²) in [4.78, 5) is 0. The number of hydrogen-bond acceptors (Lipinski definition) is 1. The highest BCUT2D eigenvalue weighted by molar-refractivity contribution is 5.75. The van der Waals surface area contributed by atoms with Crippen molar-refractivity contribution >= 4 is 5.57 Å². The Morgan fingerprint density at radius 3 is 2.11 bits per heavy atom. The van der Waals surface area contributed by atoms with Crippen LogP contribution in [0.2, 0.25) is 0 Å². The molecule has 0 radical (unpaired) electrons. The zero-order valence-corrected chi connectivity index (χ0v) is 12.7. The molecule has 1 unspecified atom stereocenters. The van der Waals surface area contributed by atoms with Gasteiger partial charge in [-0.3, -0.25) is 0 Å². The molecule has 98 valence electrons. The van der Waals surface area contributed by atoms with Crippen molar-refractivity contribution < 1.29 is 4.74 Å². The van der Waals surface area contributed by atoms with Crippen LogP contribution < -0.4 is 0 Å². The van der Waals surface area contributed by atoms with Crippen LogP contribution in [0.4, 0.5) is 0 Å². The van der Waals surface area contributed by atoms with Gasteiger partial charge in [0.05, 0.1) is 5.76 Å². The smallest absolute Gasteiger partial charge is 0.121 e. The Morgan fingerprint density at radius 1 is 0.944 bits per heavy atom. The molecule has 0 saturated carbocycles. The molecule has 0 aromatic heterocycles. The van der Waals surface area contributed by atoms with Crippen molar-refractivity contribution in [1.29, 1.82) is 0 Å². The van der Waals surface area contributed by atoms with E-state index in [1.807, 2.05) is 0 Å². The monoisotopic (exact) mass is 244 g/mol. The molecule has 0 spiro atoms. The van der Waals surface area contributed by atoms with Gasteiger partial charge in [-0.1, -0.05) is 6.92 Å². The quantitative estimate of drug-likeness (QED) is 0.674. The second-order valence-electron chi connectivity index (χ2n) is 5.44. The molecule has 1 heteroatoms. The summed E-state index contributed by atoms with van der Waals surface area (Å²) in [5.41, 5.74) is 9.93. The van der Waals surface area contributed by atoms with Crippen LogP contribution in [0.1, 0.15) is 67.2 Å². The van der Waals surface area contributed by atoms with Crippen LogP contribution in [0.25, 0.3) is 5.57 Å². The van der Waals surface area contributed by atoms with E-state index < -0.39 is 0 Å². The lowest BCUT2D eigenvalue weighted by Gasteiger charge is -2.31. The average molecular weight is 244 g/mol. The van der Waals surface area contributed by atoms with Crippen molar-refractivity contribution in [3.05, 3.63) is 39.1 Å². The third-order valence-corrected chi connectivity index (χ3v) is 4.53. The first kappa shape index (κ1) is 13.2. The predicted octanol–water partition coefficient (Wildman–Crippen LogP) is 5.02. The fourth-order valence-corrected chi connectivity index (χ4v) is 3.36. The first-order chi connectivity index (χ1) is 8.40. The highest BCUT2D eigenvalue weighted by atomic mass is 16.5. The van der Waals surface area contributed by atoms with E-state index in [0.29, 0.717) is 0 Å². The minimum atomic E-state index is 0.174. The van der Waals surface area contributed by atoms with Crippen LogP contribution in [0.5, 0.6) is 0 Å². The molecule has 0 bridgehead atoms. The molecule has 0 amide bonds. The Kier molecular flexibility index (Phi) is 3.27. The van der Waals surface area contributed by atoms with Crippen LogP contribution in [0.15, 0.2) is 5.76 Å². The van der Waals surface area contributed by atoms with E-state index in [9.17, 15) is 0 Å². The molecule has 0 aliphatic carbocycles. The number of rotatable bonds is 1. The molecule has 2 rings (SSSR count). The van der Waals surface area contributed by atoms with Gasteiger partial charge >= 0.3 is 0 Å². The van der Waals surface area contributed by atoms with Gasteiger partial charge in [0.15, 0.2) is 0 Å². The summed E-state index contributed by atoms with van der Waals surface area (Å²) >= 11 is 0. The molecule has 1 aliphatic heterocycles. The zero-order valence-electron chi connectivity index (χ0n) is 12.7. The SMILES string of the molecule is CCc1c(C)c(C)c2c(c1C)C(C)OC(C)=C2C. The first-order valence-corrected chi connectivity index (χ1v) is 6.87. The van der Waals surface area contributed by atoms with Crippen molar-refractivity contribution in [1.82, 2.24) is 0 Å². The van der Waals surface area contributed by atoms with Gasteiger partial charge in [-0.05, 0) is 81.4 Å². The molecule has 1 aromatic carbocycles. The highest BCUT2D eigenvalue weighted by Crippen LogP contribution is 2.42. The molecule has 1 aliphatic rings. The summed E-state index contributed by atoms with van der Waals surface area (Å²) < 4.78 is 5.98. The predicted molar refractivity (Wildman–Crippen MR) is 77.8 cm³/mol. The second-order valence-corrected chi connectivity index (χ2v) is 5.44. The van der Waals surface area contributed by atoms with Gasteiger partial charge in [0.2, 0.25) is 0 Å².